The fraction of sp³-hybridized carbons (Fsp3) is 0.300. The third-order valence-corrected chi connectivity index (χ3v) is 6.69. The third kappa shape index (κ3) is 5.79. The Labute approximate surface area is 175 Å². The smallest absolute Gasteiger partial charge is 0.338 e. The van der Waals surface area contributed by atoms with Gasteiger partial charge in [0.25, 0.3) is 5.91 Å². The van der Waals surface area contributed by atoms with Crippen molar-refractivity contribution in [3.8, 4) is 0 Å². The second kappa shape index (κ2) is 9.87. The maximum atomic E-state index is 12.5. The number of hydrogen-bond donors (Lipinski definition) is 1. The number of amides is 1. The molecule has 0 aliphatic carbocycles. The summed E-state index contributed by atoms with van der Waals surface area (Å²) in [6.07, 6.45) is 0. The second-order valence-corrected chi connectivity index (χ2v) is 8.55. The summed E-state index contributed by atoms with van der Waals surface area (Å²) in [5.74, 6) is -1.24. The Bertz CT molecular complexity index is 986. The summed E-state index contributed by atoms with van der Waals surface area (Å²) in [6.45, 7) is 5.57. The minimum atomic E-state index is -3.60. The average molecular weight is 439 g/mol. The van der Waals surface area contributed by atoms with E-state index in [2.05, 4.69) is 5.32 Å². The summed E-state index contributed by atoms with van der Waals surface area (Å²) in [5, 5.41) is 3.10. The quantitative estimate of drug-likeness (QED) is 0.637. The summed E-state index contributed by atoms with van der Waals surface area (Å²) in [5.41, 5.74) is 1.52. The molecule has 1 amide bonds. The molecule has 0 saturated carbocycles. The number of benzene rings is 2. The van der Waals surface area contributed by atoms with Gasteiger partial charge in [0.1, 0.15) is 0 Å². The van der Waals surface area contributed by atoms with Gasteiger partial charge in [-0.15, -0.1) is 0 Å². The molecule has 1 N–H and O–H groups in total. The van der Waals surface area contributed by atoms with Crippen molar-refractivity contribution >= 4 is 39.2 Å². The molecular formula is C20H23ClN2O5S. The van der Waals surface area contributed by atoms with Crippen molar-refractivity contribution < 1.29 is 22.7 Å². The zero-order valence-electron chi connectivity index (χ0n) is 16.4. The predicted molar refractivity (Wildman–Crippen MR) is 112 cm³/mol. The number of hydrogen-bond acceptors (Lipinski definition) is 5. The molecule has 0 atom stereocenters. The highest BCUT2D eigenvalue weighted by Crippen LogP contribution is 2.20. The van der Waals surface area contributed by atoms with E-state index < -0.39 is 28.5 Å². The number of sulfonamides is 1. The van der Waals surface area contributed by atoms with Crippen molar-refractivity contribution in [3.63, 3.8) is 0 Å². The topological polar surface area (TPSA) is 92.8 Å². The van der Waals surface area contributed by atoms with Crippen LogP contribution in [0.25, 0.3) is 0 Å². The first-order chi connectivity index (χ1) is 13.7. The molecule has 0 fully saturated rings. The molecule has 0 bridgehead atoms. The molecule has 29 heavy (non-hydrogen) atoms. The summed E-state index contributed by atoms with van der Waals surface area (Å²) >= 11 is 6.01. The number of anilines is 1. The summed E-state index contributed by atoms with van der Waals surface area (Å²) < 4.78 is 31.2. The second-order valence-electron chi connectivity index (χ2n) is 6.20. The molecule has 0 heterocycles. The molecule has 0 aliphatic rings. The normalized spacial score (nSPS) is 11.3. The Morgan fingerprint density at radius 1 is 1.07 bits per heavy atom. The molecule has 0 aromatic heterocycles. The Kier molecular flexibility index (Phi) is 7.78. The van der Waals surface area contributed by atoms with E-state index in [1.54, 1.807) is 32.0 Å². The van der Waals surface area contributed by atoms with E-state index in [4.69, 9.17) is 16.3 Å². The van der Waals surface area contributed by atoms with Gasteiger partial charge in [-0.2, -0.15) is 4.31 Å². The molecule has 0 spiro atoms. The minimum Gasteiger partial charge on any atom is -0.452 e. The highest BCUT2D eigenvalue weighted by Gasteiger charge is 2.22. The standard InChI is InChI=1S/C20H23ClN2O5S/c1-4-23(5-2)29(26,27)17-10-7-15(8-11-17)20(25)28-13-19(24)22-16-9-6-14(3)18(21)12-16/h6-12H,4-5,13H2,1-3H3,(H,22,24). The van der Waals surface area contributed by atoms with Gasteiger partial charge in [-0.25, -0.2) is 13.2 Å². The van der Waals surface area contributed by atoms with Gasteiger partial charge in [-0.05, 0) is 48.9 Å². The number of carbonyl (C=O) groups excluding carboxylic acids is 2. The van der Waals surface area contributed by atoms with Gasteiger partial charge in [0, 0.05) is 23.8 Å². The molecule has 7 nitrogen and oxygen atoms in total. The van der Waals surface area contributed by atoms with Crippen molar-refractivity contribution in [1.82, 2.24) is 4.31 Å². The van der Waals surface area contributed by atoms with Crippen molar-refractivity contribution in [2.45, 2.75) is 25.7 Å². The van der Waals surface area contributed by atoms with Crippen molar-refractivity contribution in [2.24, 2.45) is 0 Å². The molecular weight excluding hydrogens is 416 g/mol. The SMILES string of the molecule is CCN(CC)S(=O)(=O)c1ccc(C(=O)OCC(=O)Nc2ccc(C)c(Cl)c2)cc1. The Morgan fingerprint density at radius 2 is 1.69 bits per heavy atom. The highest BCUT2D eigenvalue weighted by molar-refractivity contribution is 7.89. The van der Waals surface area contributed by atoms with Crippen LogP contribution in [0.5, 0.6) is 0 Å². The fourth-order valence-corrected chi connectivity index (χ4v) is 4.20. The van der Waals surface area contributed by atoms with E-state index in [-0.39, 0.29) is 10.5 Å². The first-order valence-corrected chi connectivity index (χ1v) is 10.8. The van der Waals surface area contributed by atoms with Gasteiger partial charge in [-0.3, -0.25) is 4.79 Å². The van der Waals surface area contributed by atoms with Crippen LogP contribution in [0.4, 0.5) is 5.69 Å². The first-order valence-electron chi connectivity index (χ1n) is 9.02. The zero-order chi connectivity index (χ0) is 21.6. The Morgan fingerprint density at radius 3 is 2.24 bits per heavy atom. The lowest BCUT2D eigenvalue weighted by Gasteiger charge is -2.18. The maximum absolute atomic E-state index is 12.5. The molecule has 0 saturated heterocycles. The van der Waals surface area contributed by atoms with Gasteiger partial charge in [0.2, 0.25) is 10.0 Å². The van der Waals surface area contributed by atoms with E-state index in [1.165, 1.54) is 28.6 Å². The molecule has 0 unspecified atom stereocenters. The lowest BCUT2D eigenvalue weighted by molar-refractivity contribution is -0.119. The maximum Gasteiger partial charge on any atom is 0.338 e. The number of carbonyl (C=O) groups is 2. The van der Waals surface area contributed by atoms with Crippen molar-refractivity contribution in [3.05, 3.63) is 58.6 Å². The summed E-state index contributed by atoms with van der Waals surface area (Å²) in [7, 11) is -3.60. The van der Waals surface area contributed by atoms with E-state index in [0.717, 1.165) is 5.56 Å². The lowest BCUT2D eigenvalue weighted by Crippen LogP contribution is -2.30. The van der Waals surface area contributed by atoms with Gasteiger partial charge < -0.3 is 10.1 Å². The predicted octanol–water partition coefficient (Wildman–Crippen LogP) is 3.47. The van der Waals surface area contributed by atoms with Gasteiger partial charge in [0.05, 0.1) is 10.5 Å². The van der Waals surface area contributed by atoms with Crippen LogP contribution in [-0.2, 0) is 19.6 Å². The molecule has 0 aliphatic heterocycles. The van der Waals surface area contributed by atoms with Crippen LogP contribution >= 0.6 is 11.6 Å². The largest absolute Gasteiger partial charge is 0.452 e. The van der Waals surface area contributed by atoms with Crippen LogP contribution in [0.3, 0.4) is 0 Å². The first kappa shape index (κ1) is 22.9. The lowest BCUT2D eigenvalue weighted by atomic mass is 10.2. The molecule has 2 rings (SSSR count). The molecule has 9 heteroatoms. The Balaban J connectivity index is 1.97. The van der Waals surface area contributed by atoms with Crippen molar-refractivity contribution in [1.29, 1.82) is 0 Å². The Hall–Kier alpha value is -2.42. The van der Waals surface area contributed by atoms with Gasteiger partial charge in [0.15, 0.2) is 6.61 Å². The van der Waals surface area contributed by atoms with E-state index in [1.807, 2.05) is 6.92 Å². The van der Waals surface area contributed by atoms with E-state index in [9.17, 15) is 18.0 Å². The molecule has 2 aromatic carbocycles. The molecule has 0 radical (unpaired) electrons. The van der Waals surface area contributed by atoms with Crippen LogP contribution in [0, 0.1) is 6.92 Å². The van der Waals surface area contributed by atoms with Crippen LogP contribution < -0.4 is 5.32 Å². The van der Waals surface area contributed by atoms with E-state index in [0.29, 0.717) is 23.8 Å². The number of nitrogens with one attached hydrogen (secondary N) is 1. The molecule has 156 valence electrons. The van der Waals surface area contributed by atoms with Gasteiger partial charge >= 0.3 is 5.97 Å². The number of ether oxygens (including phenoxy) is 1. The van der Waals surface area contributed by atoms with E-state index >= 15 is 0 Å². The number of rotatable bonds is 8. The highest BCUT2D eigenvalue weighted by atomic mass is 35.5. The van der Waals surface area contributed by atoms with Crippen LogP contribution in [-0.4, -0.2) is 44.3 Å². The fourth-order valence-electron chi connectivity index (χ4n) is 2.56. The third-order valence-electron chi connectivity index (χ3n) is 4.22. The molecule has 2 aromatic rings. The minimum absolute atomic E-state index is 0.0896. The number of halogens is 1. The van der Waals surface area contributed by atoms with Crippen LogP contribution in [0.1, 0.15) is 29.8 Å². The summed E-state index contributed by atoms with van der Waals surface area (Å²) in [4.78, 5) is 24.2. The van der Waals surface area contributed by atoms with Gasteiger partial charge in [-0.1, -0.05) is 31.5 Å². The van der Waals surface area contributed by atoms with Crippen molar-refractivity contribution in [2.75, 3.05) is 25.0 Å². The average Bonchev–Trinajstić information content (AvgIpc) is 2.70. The number of nitrogens with zero attached hydrogens (tertiary/aromatic N) is 1. The number of aryl methyl sites for hydroxylation is 1. The summed E-state index contributed by atoms with van der Waals surface area (Å²) in [6, 6.07) is 10.5. The monoisotopic (exact) mass is 438 g/mol. The zero-order valence-corrected chi connectivity index (χ0v) is 18.0. The van der Waals surface area contributed by atoms with Crippen LogP contribution in [0.15, 0.2) is 47.4 Å². The van der Waals surface area contributed by atoms with Crippen LogP contribution in [0.2, 0.25) is 5.02 Å². The number of esters is 1.